The number of hydrogen-bond acceptors (Lipinski definition) is 2. The van der Waals surface area contributed by atoms with E-state index in [2.05, 4.69) is 43.3 Å². The molecule has 1 aliphatic rings. The van der Waals surface area contributed by atoms with Crippen LogP contribution in [-0.2, 0) is 19.3 Å². The Morgan fingerprint density at radius 2 is 1.75 bits per heavy atom. The van der Waals surface area contributed by atoms with E-state index in [0.717, 1.165) is 13.0 Å². The first-order valence-electron chi connectivity index (χ1n) is 7.35. The smallest absolute Gasteiger partial charge is 0.0125 e. The van der Waals surface area contributed by atoms with Crippen molar-refractivity contribution in [1.29, 1.82) is 0 Å². The summed E-state index contributed by atoms with van der Waals surface area (Å²) in [4.78, 5) is 2.68. The predicted octanol–water partition coefficient (Wildman–Crippen LogP) is 4.14. The van der Waals surface area contributed by atoms with E-state index in [1.54, 1.807) is 11.1 Å². The molecule has 0 fully saturated rings. The molecular weight excluding hydrogens is 262 g/mol. The van der Waals surface area contributed by atoms with Gasteiger partial charge in [0.2, 0.25) is 0 Å². The molecule has 2 heteroatoms. The molecule has 1 aliphatic carbocycles. The van der Waals surface area contributed by atoms with Crippen LogP contribution in [-0.4, -0.2) is 6.54 Å². The molecule has 3 rings (SSSR count). The quantitative estimate of drug-likeness (QED) is 0.912. The van der Waals surface area contributed by atoms with Crippen molar-refractivity contribution < 1.29 is 0 Å². The van der Waals surface area contributed by atoms with E-state index in [1.807, 2.05) is 11.8 Å². The van der Waals surface area contributed by atoms with Gasteiger partial charge >= 0.3 is 0 Å². The van der Waals surface area contributed by atoms with E-state index in [1.165, 1.54) is 40.2 Å². The minimum atomic E-state index is 0.720. The van der Waals surface area contributed by atoms with Crippen molar-refractivity contribution in [2.75, 3.05) is 6.54 Å². The summed E-state index contributed by atoms with van der Waals surface area (Å²) in [6, 6.07) is 13.7. The minimum absolute atomic E-state index is 0.720. The lowest BCUT2D eigenvalue weighted by Crippen LogP contribution is -2.03. The highest BCUT2D eigenvalue weighted by molar-refractivity contribution is 7.99. The molecule has 2 N–H and O–H groups in total. The van der Waals surface area contributed by atoms with Crippen LogP contribution in [0.15, 0.2) is 46.2 Å². The highest BCUT2D eigenvalue weighted by Gasteiger charge is 2.11. The maximum Gasteiger partial charge on any atom is 0.0125 e. The second-order valence-corrected chi connectivity index (χ2v) is 6.66. The molecule has 1 nitrogen and oxygen atoms in total. The monoisotopic (exact) mass is 283 g/mol. The first-order valence-corrected chi connectivity index (χ1v) is 8.17. The van der Waals surface area contributed by atoms with Crippen molar-refractivity contribution in [3.8, 4) is 0 Å². The van der Waals surface area contributed by atoms with E-state index in [-0.39, 0.29) is 0 Å². The molecule has 0 saturated heterocycles. The summed E-state index contributed by atoms with van der Waals surface area (Å²) >= 11 is 1.86. The number of rotatable bonds is 4. The van der Waals surface area contributed by atoms with Crippen molar-refractivity contribution >= 4 is 11.8 Å². The molecule has 0 atom stereocenters. The molecule has 104 valence electrons. The fourth-order valence-electron chi connectivity index (χ4n) is 2.92. The largest absolute Gasteiger partial charge is 0.330 e. The summed E-state index contributed by atoms with van der Waals surface area (Å²) < 4.78 is 0. The molecule has 0 unspecified atom stereocenters. The van der Waals surface area contributed by atoms with Crippen LogP contribution in [0.3, 0.4) is 0 Å². The zero-order valence-corrected chi connectivity index (χ0v) is 12.8. The third kappa shape index (κ3) is 2.92. The van der Waals surface area contributed by atoms with Gasteiger partial charge < -0.3 is 5.73 Å². The van der Waals surface area contributed by atoms with Crippen LogP contribution < -0.4 is 5.73 Å². The number of aryl methyl sites for hydroxylation is 3. The Labute approximate surface area is 125 Å². The van der Waals surface area contributed by atoms with Gasteiger partial charge in [-0.3, -0.25) is 0 Å². The Kier molecular flexibility index (Phi) is 4.13. The Morgan fingerprint density at radius 3 is 2.55 bits per heavy atom. The third-order valence-electron chi connectivity index (χ3n) is 4.03. The molecule has 0 heterocycles. The van der Waals surface area contributed by atoms with Crippen molar-refractivity contribution in [3.05, 3.63) is 58.7 Å². The SMILES string of the molecule is Cc1cc(Sc2ccc3c(c2)CCC3)ccc1CCN. The van der Waals surface area contributed by atoms with Gasteiger partial charge in [-0.2, -0.15) is 0 Å². The molecule has 0 saturated carbocycles. The average molecular weight is 283 g/mol. The van der Waals surface area contributed by atoms with Crippen molar-refractivity contribution in [2.45, 2.75) is 42.4 Å². The normalized spacial score (nSPS) is 13.5. The standard InChI is InChI=1S/C18H21NS/c1-13-11-17(7-5-14(13)9-10-19)20-18-8-6-15-3-2-4-16(15)12-18/h5-8,11-12H,2-4,9-10,19H2,1H3. The zero-order valence-electron chi connectivity index (χ0n) is 12.0. The molecule has 0 aliphatic heterocycles. The van der Waals surface area contributed by atoms with Gasteiger partial charge in [0.25, 0.3) is 0 Å². The summed E-state index contributed by atoms with van der Waals surface area (Å²) in [6.45, 7) is 2.90. The van der Waals surface area contributed by atoms with Crippen LogP contribution in [0.2, 0.25) is 0 Å². The molecule has 0 amide bonds. The van der Waals surface area contributed by atoms with Gasteiger partial charge in [-0.25, -0.2) is 0 Å². The van der Waals surface area contributed by atoms with Gasteiger partial charge in [0.15, 0.2) is 0 Å². The predicted molar refractivity (Wildman–Crippen MR) is 86.5 cm³/mol. The lowest BCUT2D eigenvalue weighted by Gasteiger charge is -2.08. The first kappa shape index (κ1) is 13.7. The second kappa shape index (κ2) is 6.02. The fourth-order valence-corrected chi connectivity index (χ4v) is 3.90. The van der Waals surface area contributed by atoms with Crippen LogP contribution in [0, 0.1) is 6.92 Å². The summed E-state index contributed by atoms with van der Waals surface area (Å²) in [6.07, 6.45) is 4.79. The summed E-state index contributed by atoms with van der Waals surface area (Å²) in [5, 5.41) is 0. The molecule has 2 aromatic rings. The Bertz CT molecular complexity index is 619. The lowest BCUT2D eigenvalue weighted by atomic mass is 10.1. The topological polar surface area (TPSA) is 26.0 Å². The average Bonchev–Trinajstić information content (AvgIpc) is 2.89. The van der Waals surface area contributed by atoms with Crippen LogP contribution in [0.5, 0.6) is 0 Å². The molecule has 20 heavy (non-hydrogen) atoms. The summed E-state index contributed by atoms with van der Waals surface area (Å²) in [7, 11) is 0. The minimum Gasteiger partial charge on any atom is -0.330 e. The van der Waals surface area contributed by atoms with E-state index >= 15 is 0 Å². The van der Waals surface area contributed by atoms with Gasteiger partial charge in [-0.1, -0.05) is 23.9 Å². The number of nitrogens with two attached hydrogens (primary N) is 1. The van der Waals surface area contributed by atoms with Gasteiger partial charge in [-0.05, 0) is 85.7 Å². The van der Waals surface area contributed by atoms with Crippen LogP contribution >= 0.6 is 11.8 Å². The van der Waals surface area contributed by atoms with E-state index in [4.69, 9.17) is 5.73 Å². The van der Waals surface area contributed by atoms with E-state index in [9.17, 15) is 0 Å². The fraction of sp³-hybridized carbons (Fsp3) is 0.333. The zero-order chi connectivity index (χ0) is 13.9. The molecule has 0 spiro atoms. The maximum atomic E-state index is 5.64. The Morgan fingerprint density at radius 1 is 1.00 bits per heavy atom. The molecular formula is C18H21NS. The van der Waals surface area contributed by atoms with Crippen LogP contribution in [0.4, 0.5) is 0 Å². The molecule has 2 aromatic carbocycles. The van der Waals surface area contributed by atoms with Gasteiger partial charge in [0, 0.05) is 9.79 Å². The van der Waals surface area contributed by atoms with Crippen LogP contribution in [0.25, 0.3) is 0 Å². The lowest BCUT2D eigenvalue weighted by molar-refractivity contribution is 0.911. The van der Waals surface area contributed by atoms with Gasteiger partial charge in [-0.15, -0.1) is 0 Å². The van der Waals surface area contributed by atoms with Crippen LogP contribution in [0.1, 0.15) is 28.7 Å². The first-order chi connectivity index (χ1) is 9.76. The molecule has 0 bridgehead atoms. The Hall–Kier alpha value is -1.25. The van der Waals surface area contributed by atoms with E-state index < -0.39 is 0 Å². The second-order valence-electron chi connectivity index (χ2n) is 5.51. The summed E-state index contributed by atoms with van der Waals surface area (Å²) in [5.41, 5.74) is 11.4. The highest BCUT2D eigenvalue weighted by Crippen LogP contribution is 2.32. The number of hydrogen-bond donors (Lipinski definition) is 1. The maximum absolute atomic E-state index is 5.64. The van der Waals surface area contributed by atoms with Gasteiger partial charge in [0.05, 0.1) is 0 Å². The van der Waals surface area contributed by atoms with Crippen molar-refractivity contribution in [3.63, 3.8) is 0 Å². The van der Waals surface area contributed by atoms with E-state index in [0.29, 0.717) is 0 Å². The third-order valence-corrected chi connectivity index (χ3v) is 5.01. The number of fused-ring (bicyclic) bond motifs is 1. The van der Waals surface area contributed by atoms with Gasteiger partial charge in [0.1, 0.15) is 0 Å². The number of benzene rings is 2. The van der Waals surface area contributed by atoms with Crippen molar-refractivity contribution in [2.24, 2.45) is 5.73 Å². The summed E-state index contributed by atoms with van der Waals surface area (Å²) in [5.74, 6) is 0. The highest BCUT2D eigenvalue weighted by atomic mass is 32.2. The van der Waals surface area contributed by atoms with Crippen molar-refractivity contribution in [1.82, 2.24) is 0 Å². The molecule has 0 radical (unpaired) electrons. The Balaban J connectivity index is 1.79. The molecule has 0 aromatic heterocycles.